The number of hydrogen-bond donors (Lipinski definition) is 1. The van der Waals surface area contributed by atoms with E-state index in [4.69, 9.17) is 0 Å². The van der Waals surface area contributed by atoms with Gasteiger partial charge in [-0.3, -0.25) is 14.9 Å². The molecule has 2 amide bonds. The Balaban J connectivity index is 1.89. The van der Waals surface area contributed by atoms with Crippen molar-refractivity contribution in [1.82, 2.24) is 5.32 Å². The van der Waals surface area contributed by atoms with Crippen LogP contribution in [0.5, 0.6) is 0 Å². The van der Waals surface area contributed by atoms with Crippen LogP contribution >= 0.6 is 23.1 Å². The molecule has 1 N–H and O–H groups in total. The zero-order chi connectivity index (χ0) is 13.2. The highest BCUT2D eigenvalue weighted by molar-refractivity contribution is 8.18. The van der Waals surface area contributed by atoms with Crippen LogP contribution in [0.15, 0.2) is 46.7 Å². The van der Waals surface area contributed by atoms with Crippen LogP contribution in [0.1, 0.15) is 4.88 Å². The summed E-state index contributed by atoms with van der Waals surface area (Å²) in [6.45, 7) is 0. The molecule has 1 aromatic heterocycles. The third-order valence-electron chi connectivity index (χ3n) is 2.64. The second-order valence-corrected chi connectivity index (χ2v) is 5.91. The minimum absolute atomic E-state index is 0.309. The first kappa shape index (κ1) is 12.2. The number of amides is 2. The maximum atomic E-state index is 11.4. The van der Waals surface area contributed by atoms with Crippen LogP contribution in [0.4, 0.5) is 4.79 Å². The SMILES string of the molecule is O=C1NC(=O)C(=Cc2cc(-c3ccccc3)cs2)S1. The van der Waals surface area contributed by atoms with Crippen LogP contribution in [-0.4, -0.2) is 11.1 Å². The molecule has 5 heteroatoms. The number of imide groups is 1. The molecule has 1 saturated heterocycles. The summed E-state index contributed by atoms with van der Waals surface area (Å²) < 4.78 is 0. The fourth-order valence-corrected chi connectivity index (χ4v) is 3.36. The molecule has 0 radical (unpaired) electrons. The van der Waals surface area contributed by atoms with Crippen molar-refractivity contribution in [3.05, 3.63) is 51.6 Å². The number of thioether (sulfide) groups is 1. The second kappa shape index (κ2) is 5.03. The average Bonchev–Trinajstić information content (AvgIpc) is 2.99. The fraction of sp³-hybridized carbons (Fsp3) is 0. The van der Waals surface area contributed by atoms with Gasteiger partial charge in [0.05, 0.1) is 4.91 Å². The lowest BCUT2D eigenvalue weighted by atomic mass is 10.1. The van der Waals surface area contributed by atoms with Gasteiger partial charge in [0.15, 0.2) is 0 Å². The molecule has 0 bridgehead atoms. The van der Waals surface area contributed by atoms with Crippen molar-refractivity contribution in [2.75, 3.05) is 0 Å². The van der Waals surface area contributed by atoms with Gasteiger partial charge in [-0.1, -0.05) is 30.3 Å². The zero-order valence-corrected chi connectivity index (χ0v) is 11.4. The number of thiophene rings is 1. The van der Waals surface area contributed by atoms with E-state index in [1.807, 2.05) is 41.8 Å². The summed E-state index contributed by atoms with van der Waals surface area (Å²) in [6.07, 6.45) is 1.75. The maximum Gasteiger partial charge on any atom is 0.290 e. The van der Waals surface area contributed by atoms with Crippen molar-refractivity contribution >= 4 is 40.3 Å². The van der Waals surface area contributed by atoms with Gasteiger partial charge >= 0.3 is 0 Å². The quantitative estimate of drug-likeness (QED) is 0.856. The van der Waals surface area contributed by atoms with Crippen LogP contribution in [-0.2, 0) is 4.79 Å². The molecule has 0 unspecified atom stereocenters. The Morgan fingerprint density at radius 1 is 1.05 bits per heavy atom. The van der Waals surface area contributed by atoms with E-state index in [0.717, 1.165) is 27.8 Å². The van der Waals surface area contributed by atoms with Gasteiger partial charge in [-0.25, -0.2) is 0 Å². The first-order valence-electron chi connectivity index (χ1n) is 5.61. The molecule has 0 saturated carbocycles. The van der Waals surface area contributed by atoms with E-state index >= 15 is 0 Å². The molecule has 1 aliphatic rings. The Morgan fingerprint density at radius 2 is 1.84 bits per heavy atom. The van der Waals surface area contributed by atoms with E-state index in [1.165, 1.54) is 0 Å². The predicted molar refractivity (Wildman–Crippen MR) is 78.9 cm³/mol. The number of nitrogens with one attached hydrogen (secondary N) is 1. The monoisotopic (exact) mass is 287 g/mol. The van der Waals surface area contributed by atoms with Gasteiger partial charge in [0.25, 0.3) is 11.1 Å². The number of carbonyl (C=O) groups excluding carboxylic acids is 2. The molecule has 2 aromatic rings. The Hall–Kier alpha value is -1.85. The zero-order valence-electron chi connectivity index (χ0n) is 9.75. The fourth-order valence-electron chi connectivity index (χ4n) is 1.76. The van der Waals surface area contributed by atoms with Crippen molar-refractivity contribution < 1.29 is 9.59 Å². The lowest BCUT2D eigenvalue weighted by Gasteiger charge is -1.94. The highest BCUT2D eigenvalue weighted by Crippen LogP contribution is 2.30. The van der Waals surface area contributed by atoms with E-state index in [-0.39, 0.29) is 11.1 Å². The van der Waals surface area contributed by atoms with Gasteiger partial charge < -0.3 is 0 Å². The molecule has 0 spiro atoms. The van der Waals surface area contributed by atoms with Gasteiger partial charge in [-0.2, -0.15) is 0 Å². The summed E-state index contributed by atoms with van der Waals surface area (Å²) >= 11 is 2.50. The van der Waals surface area contributed by atoms with Crippen LogP contribution < -0.4 is 5.32 Å². The van der Waals surface area contributed by atoms with E-state index in [1.54, 1.807) is 17.4 Å². The third-order valence-corrected chi connectivity index (χ3v) is 4.33. The molecule has 0 aliphatic carbocycles. The van der Waals surface area contributed by atoms with E-state index < -0.39 is 0 Å². The Kier molecular flexibility index (Phi) is 3.23. The van der Waals surface area contributed by atoms with Gasteiger partial charge in [0.2, 0.25) is 0 Å². The summed E-state index contributed by atoms with van der Waals surface area (Å²) in [5.41, 5.74) is 2.26. The van der Waals surface area contributed by atoms with Crippen LogP contribution in [0.25, 0.3) is 17.2 Å². The smallest absolute Gasteiger partial charge is 0.282 e. The number of rotatable bonds is 2. The van der Waals surface area contributed by atoms with Crippen molar-refractivity contribution in [3.8, 4) is 11.1 Å². The van der Waals surface area contributed by atoms with Gasteiger partial charge in [-0.15, -0.1) is 11.3 Å². The first-order chi connectivity index (χ1) is 9.22. The third kappa shape index (κ3) is 2.62. The Morgan fingerprint density at radius 3 is 2.53 bits per heavy atom. The van der Waals surface area contributed by atoms with Crippen molar-refractivity contribution in [2.24, 2.45) is 0 Å². The molecule has 1 aliphatic heterocycles. The first-order valence-corrected chi connectivity index (χ1v) is 7.31. The molecular weight excluding hydrogens is 278 g/mol. The minimum atomic E-state index is -0.315. The van der Waals surface area contributed by atoms with Crippen LogP contribution in [0, 0.1) is 0 Å². The molecule has 19 heavy (non-hydrogen) atoms. The molecule has 3 rings (SSSR count). The van der Waals surface area contributed by atoms with Gasteiger partial charge in [0.1, 0.15) is 0 Å². The standard InChI is InChI=1S/C14H9NO2S2/c16-13-12(19-14(17)15-13)7-11-6-10(8-18-11)9-4-2-1-3-5-9/h1-8H,(H,15,16,17). The van der Waals surface area contributed by atoms with E-state index in [2.05, 4.69) is 5.32 Å². The molecule has 1 fully saturated rings. The molecular formula is C14H9NO2S2. The molecule has 0 atom stereocenters. The summed E-state index contributed by atoms with van der Waals surface area (Å²) in [7, 11) is 0. The summed E-state index contributed by atoms with van der Waals surface area (Å²) in [4.78, 5) is 23.9. The predicted octanol–water partition coefficient (Wildman–Crippen LogP) is 3.74. The topological polar surface area (TPSA) is 46.2 Å². The largest absolute Gasteiger partial charge is 0.290 e. The number of carbonyl (C=O) groups is 2. The van der Waals surface area contributed by atoms with E-state index in [0.29, 0.717) is 4.91 Å². The lowest BCUT2D eigenvalue weighted by Crippen LogP contribution is -2.17. The Bertz CT molecular complexity index is 674. The summed E-state index contributed by atoms with van der Waals surface area (Å²) in [5, 5.41) is 3.98. The minimum Gasteiger partial charge on any atom is -0.282 e. The van der Waals surface area contributed by atoms with Crippen molar-refractivity contribution in [2.45, 2.75) is 0 Å². The van der Waals surface area contributed by atoms with E-state index in [9.17, 15) is 9.59 Å². The van der Waals surface area contributed by atoms with Crippen LogP contribution in [0.3, 0.4) is 0 Å². The molecule has 94 valence electrons. The average molecular weight is 287 g/mol. The maximum absolute atomic E-state index is 11.4. The Labute approximate surface area is 118 Å². The van der Waals surface area contributed by atoms with Crippen molar-refractivity contribution in [3.63, 3.8) is 0 Å². The summed E-state index contributed by atoms with van der Waals surface area (Å²) in [5.74, 6) is -0.315. The summed E-state index contributed by atoms with van der Waals surface area (Å²) in [6, 6.07) is 12.1. The molecule has 2 heterocycles. The highest BCUT2D eigenvalue weighted by Gasteiger charge is 2.25. The number of hydrogen-bond acceptors (Lipinski definition) is 4. The van der Waals surface area contributed by atoms with Crippen molar-refractivity contribution in [1.29, 1.82) is 0 Å². The molecule has 3 nitrogen and oxygen atoms in total. The highest BCUT2D eigenvalue weighted by atomic mass is 32.2. The molecule has 1 aromatic carbocycles. The van der Waals surface area contributed by atoms with Crippen LogP contribution in [0.2, 0.25) is 0 Å². The van der Waals surface area contributed by atoms with Gasteiger partial charge in [-0.05, 0) is 40.4 Å². The van der Waals surface area contributed by atoms with Gasteiger partial charge in [0, 0.05) is 4.88 Å². The lowest BCUT2D eigenvalue weighted by molar-refractivity contribution is -0.115. The normalized spacial score (nSPS) is 16.9. The number of benzene rings is 1. The second-order valence-electron chi connectivity index (χ2n) is 3.96.